The minimum Gasteiger partial charge on any atom is -0.391 e. The molecule has 1 aromatic rings. The van der Waals surface area contributed by atoms with Crippen molar-refractivity contribution >= 4 is 0 Å². The molecule has 0 bridgehead atoms. The topological polar surface area (TPSA) is 32.3 Å². The lowest BCUT2D eigenvalue weighted by Crippen LogP contribution is -2.25. The van der Waals surface area contributed by atoms with Gasteiger partial charge in [-0.15, -0.1) is 0 Å². The Bertz CT molecular complexity index is 304. The van der Waals surface area contributed by atoms with Gasteiger partial charge in [-0.3, -0.25) is 0 Å². The van der Waals surface area contributed by atoms with Crippen LogP contribution in [0.4, 0.5) is 8.78 Å². The van der Waals surface area contributed by atoms with E-state index in [9.17, 15) is 13.9 Å². The van der Waals surface area contributed by atoms with Gasteiger partial charge in [0.25, 0.3) is 0 Å². The first kappa shape index (κ1) is 11.1. The van der Waals surface area contributed by atoms with Crippen LogP contribution < -0.4 is 5.32 Å². The van der Waals surface area contributed by atoms with Crippen molar-refractivity contribution in [3.8, 4) is 0 Å². The predicted molar refractivity (Wildman–Crippen MR) is 50.0 cm³/mol. The first-order valence-electron chi connectivity index (χ1n) is 4.40. The molecule has 0 fully saturated rings. The molecule has 0 spiro atoms. The smallest absolute Gasteiger partial charge is 0.129 e. The molecule has 2 nitrogen and oxygen atoms in total. The Morgan fingerprint density at radius 2 is 2.14 bits per heavy atom. The standard InChI is InChI=1S/C10H13F2NO/c1-13-6-9(14)4-7-2-3-8(11)5-10(7)12/h2-3,5,9,13-14H,4,6H2,1H3. The van der Waals surface area contributed by atoms with Gasteiger partial charge in [0.15, 0.2) is 0 Å². The minimum atomic E-state index is -0.653. The molecule has 0 aliphatic carbocycles. The van der Waals surface area contributed by atoms with Crippen LogP contribution in [0, 0.1) is 11.6 Å². The van der Waals surface area contributed by atoms with Gasteiger partial charge < -0.3 is 10.4 Å². The number of nitrogens with one attached hydrogen (secondary N) is 1. The van der Waals surface area contributed by atoms with Crippen LogP contribution in [0.5, 0.6) is 0 Å². The second-order valence-electron chi connectivity index (χ2n) is 3.15. The number of aliphatic hydroxyl groups is 1. The summed E-state index contributed by atoms with van der Waals surface area (Å²) in [6, 6.07) is 3.36. The number of likely N-dealkylation sites (N-methyl/N-ethyl adjacent to an activating group) is 1. The van der Waals surface area contributed by atoms with E-state index >= 15 is 0 Å². The molecule has 0 aliphatic rings. The fraction of sp³-hybridized carbons (Fsp3) is 0.400. The average molecular weight is 201 g/mol. The molecule has 0 aliphatic heterocycles. The zero-order valence-corrected chi connectivity index (χ0v) is 7.93. The first-order chi connectivity index (χ1) is 6.63. The van der Waals surface area contributed by atoms with E-state index in [1.807, 2.05) is 0 Å². The van der Waals surface area contributed by atoms with Gasteiger partial charge in [-0.05, 0) is 18.7 Å². The Morgan fingerprint density at radius 1 is 1.43 bits per heavy atom. The van der Waals surface area contributed by atoms with Crippen LogP contribution in [0.25, 0.3) is 0 Å². The molecule has 0 radical (unpaired) electrons. The number of aliphatic hydroxyl groups excluding tert-OH is 1. The van der Waals surface area contributed by atoms with Crippen molar-refractivity contribution in [1.29, 1.82) is 0 Å². The van der Waals surface area contributed by atoms with Gasteiger partial charge >= 0.3 is 0 Å². The first-order valence-corrected chi connectivity index (χ1v) is 4.40. The zero-order chi connectivity index (χ0) is 10.6. The third kappa shape index (κ3) is 3.05. The molecule has 2 N–H and O–H groups in total. The quantitative estimate of drug-likeness (QED) is 0.764. The summed E-state index contributed by atoms with van der Waals surface area (Å²) in [6.07, 6.45) is -0.465. The van der Waals surface area contributed by atoms with Crippen molar-refractivity contribution in [3.05, 3.63) is 35.4 Å². The zero-order valence-electron chi connectivity index (χ0n) is 7.93. The van der Waals surface area contributed by atoms with Gasteiger partial charge in [0, 0.05) is 19.0 Å². The normalized spacial score (nSPS) is 12.9. The minimum absolute atomic E-state index is 0.187. The summed E-state index contributed by atoms with van der Waals surface area (Å²) in [4.78, 5) is 0. The highest BCUT2D eigenvalue weighted by atomic mass is 19.1. The van der Waals surface area contributed by atoms with E-state index in [1.165, 1.54) is 12.1 Å². The lowest BCUT2D eigenvalue weighted by atomic mass is 10.1. The summed E-state index contributed by atoms with van der Waals surface area (Å²) in [7, 11) is 1.70. The van der Waals surface area contributed by atoms with Gasteiger partial charge in [-0.25, -0.2) is 8.78 Å². The number of rotatable bonds is 4. The molecule has 4 heteroatoms. The molecule has 0 aromatic heterocycles. The predicted octanol–water partition coefficient (Wildman–Crippen LogP) is 1.09. The third-order valence-electron chi connectivity index (χ3n) is 1.91. The SMILES string of the molecule is CNCC(O)Cc1ccc(F)cc1F. The lowest BCUT2D eigenvalue weighted by Gasteiger charge is -2.10. The Balaban J connectivity index is 2.67. The summed E-state index contributed by atoms with van der Waals surface area (Å²) in [5.41, 5.74) is 0.328. The second kappa shape index (κ2) is 5.02. The van der Waals surface area contributed by atoms with E-state index in [0.717, 1.165) is 6.07 Å². The maximum Gasteiger partial charge on any atom is 0.129 e. The van der Waals surface area contributed by atoms with Crippen molar-refractivity contribution in [2.75, 3.05) is 13.6 Å². The van der Waals surface area contributed by atoms with E-state index in [-0.39, 0.29) is 6.42 Å². The lowest BCUT2D eigenvalue weighted by molar-refractivity contribution is 0.173. The summed E-state index contributed by atoms with van der Waals surface area (Å²) in [5, 5.41) is 12.1. The van der Waals surface area contributed by atoms with Crippen LogP contribution in [-0.2, 0) is 6.42 Å². The van der Waals surface area contributed by atoms with Crippen molar-refractivity contribution < 1.29 is 13.9 Å². The van der Waals surface area contributed by atoms with Crippen LogP contribution >= 0.6 is 0 Å². The molecule has 14 heavy (non-hydrogen) atoms. The Morgan fingerprint density at radius 3 is 2.71 bits per heavy atom. The molecule has 0 saturated heterocycles. The molecule has 0 amide bonds. The Hall–Kier alpha value is -1.00. The van der Waals surface area contributed by atoms with Gasteiger partial charge in [0.2, 0.25) is 0 Å². The van der Waals surface area contributed by atoms with Crippen LogP contribution in [0.15, 0.2) is 18.2 Å². The van der Waals surface area contributed by atoms with Crippen molar-refractivity contribution in [1.82, 2.24) is 5.32 Å². The van der Waals surface area contributed by atoms with Gasteiger partial charge in [-0.1, -0.05) is 6.07 Å². The Labute approximate surface area is 81.6 Å². The molecule has 1 unspecified atom stereocenters. The molecular weight excluding hydrogens is 188 g/mol. The van der Waals surface area contributed by atoms with E-state index in [4.69, 9.17) is 0 Å². The second-order valence-corrected chi connectivity index (χ2v) is 3.15. The van der Waals surface area contributed by atoms with E-state index in [0.29, 0.717) is 12.1 Å². The highest BCUT2D eigenvalue weighted by molar-refractivity contribution is 5.19. The maximum atomic E-state index is 13.1. The van der Waals surface area contributed by atoms with E-state index < -0.39 is 17.7 Å². The number of hydrogen-bond donors (Lipinski definition) is 2. The number of benzene rings is 1. The maximum absolute atomic E-state index is 13.1. The number of hydrogen-bond acceptors (Lipinski definition) is 2. The fourth-order valence-corrected chi connectivity index (χ4v) is 1.25. The van der Waals surface area contributed by atoms with E-state index in [2.05, 4.69) is 5.32 Å². The highest BCUT2D eigenvalue weighted by Gasteiger charge is 2.09. The molecular formula is C10H13F2NO. The summed E-state index contributed by atoms with van der Waals surface area (Å²) < 4.78 is 25.6. The summed E-state index contributed by atoms with van der Waals surface area (Å²) in [6.45, 7) is 0.386. The molecule has 1 rings (SSSR count). The van der Waals surface area contributed by atoms with Crippen LogP contribution in [-0.4, -0.2) is 24.8 Å². The molecule has 1 atom stereocenters. The monoisotopic (exact) mass is 201 g/mol. The summed E-state index contributed by atoms with van der Waals surface area (Å²) in [5.74, 6) is -1.21. The molecule has 1 aromatic carbocycles. The van der Waals surface area contributed by atoms with Gasteiger partial charge in [-0.2, -0.15) is 0 Å². The van der Waals surface area contributed by atoms with Crippen molar-refractivity contribution in [2.24, 2.45) is 0 Å². The van der Waals surface area contributed by atoms with Crippen LogP contribution in [0.2, 0.25) is 0 Å². The van der Waals surface area contributed by atoms with Crippen LogP contribution in [0.3, 0.4) is 0 Å². The van der Waals surface area contributed by atoms with Gasteiger partial charge in [0.1, 0.15) is 11.6 Å². The molecule has 0 saturated carbocycles. The fourth-order valence-electron chi connectivity index (χ4n) is 1.25. The Kier molecular flexibility index (Phi) is 3.98. The van der Waals surface area contributed by atoms with Gasteiger partial charge in [0.05, 0.1) is 6.10 Å². The van der Waals surface area contributed by atoms with Crippen molar-refractivity contribution in [2.45, 2.75) is 12.5 Å². The largest absolute Gasteiger partial charge is 0.391 e. The highest BCUT2D eigenvalue weighted by Crippen LogP contribution is 2.11. The van der Waals surface area contributed by atoms with Crippen LogP contribution in [0.1, 0.15) is 5.56 Å². The number of halogens is 2. The molecule has 78 valence electrons. The van der Waals surface area contributed by atoms with E-state index in [1.54, 1.807) is 7.05 Å². The van der Waals surface area contributed by atoms with Crippen molar-refractivity contribution in [3.63, 3.8) is 0 Å². The third-order valence-corrected chi connectivity index (χ3v) is 1.91. The molecule has 0 heterocycles. The average Bonchev–Trinajstić information content (AvgIpc) is 2.10. The summed E-state index contributed by atoms with van der Waals surface area (Å²) >= 11 is 0.